The Morgan fingerprint density at radius 3 is 2.78 bits per heavy atom. The first-order valence-corrected chi connectivity index (χ1v) is 11.8. The number of carbonyl (C=O) groups is 1. The predicted octanol–water partition coefficient (Wildman–Crippen LogP) is 1.87. The van der Waals surface area contributed by atoms with E-state index in [2.05, 4.69) is 40.4 Å². The molecule has 0 aromatic heterocycles. The second kappa shape index (κ2) is 12.3. The molecule has 1 aromatic rings. The highest BCUT2D eigenvalue weighted by Crippen LogP contribution is 2.24. The molecule has 1 aromatic carbocycles. The minimum Gasteiger partial charge on any atom is -0.831 e. The maximum atomic E-state index is 12.1. The van der Waals surface area contributed by atoms with E-state index in [1.165, 1.54) is 11.1 Å². The third-order valence-electron chi connectivity index (χ3n) is 6.32. The van der Waals surface area contributed by atoms with E-state index in [1.807, 2.05) is 26.1 Å². The van der Waals surface area contributed by atoms with Crippen molar-refractivity contribution in [3.63, 3.8) is 0 Å². The van der Waals surface area contributed by atoms with Gasteiger partial charge in [0, 0.05) is 38.6 Å². The molecule has 1 fully saturated rings. The lowest BCUT2D eigenvalue weighted by atomic mass is 10.00. The third kappa shape index (κ3) is 7.89. The van der Waals surface area contributed by atoms with Crippen molar-refractivity contribution in [3.05, 3.63) is 35.9 Å². The molecule has 0 radical (unpaired) electrons. The molecule has 1 amide bonds. The Hall–Kier alpha value is -1.93. The Balaban J connectivity index is 1.27. The number of nitrogens with one attached hydrogen (secondary N) is 1. The van der Waals surface area contributed by atoms with Crippen molar-refractivity contribution in [2.45, 2.75) is 57.5 Å². The average Bonchev–Trinajstić information content (AvgIpc) is 2.77. The van der Waals surface area contributed by atoms with E-state index in [4.69, 9.17) is 9.47 Å². The van der Waals surface area contributed by atoms with Gasteiger partial charge in [-0.2, -0.15) is 0 Å². The van der Waals surface area contributed by atoms with Crippen molar-refractivity contribution in [1.29, 1.82) is 0 Å². The Bertz CT molecular complexity index is 742. The number of ether oxygens (including phenoxy) is 2. The Labute approximate surface area is 192 Å². The first kappa shape index (κ1) is 24.7. The summed E-state index contributed by atoms with van der Waals surface area (Å²) in [6.07, 6.45) is 4.91. The zero-order valence-corrected chi connectivity index (χ0v) is 19.7. The molecule has 178 valence electrons. The van der Waals surface area contributed by atoms with Gasteiger partial charge in [0.25, 0.3) is 0 Å². The van der Waals surface area contributed by atoms with Crippen LogP contribution in [-0.4, -0.2) is 81.0 Å². The summed E-state index contributed by atoms with van der Waals surface area (Å²) in [5.74, 6) is 0.893. The fraction of sp³-hybridized carbons (Fsp3) is 0.640. The van der Waals surface area contributed by atoms with E-state index in [9.17, 15) is 9.90 Å². The first-order valence-electron chi connectivity index (χ1n) is 11.8. The first-order chi connectivity index (χ1) is 15.4. The zero-order chi connectivity index (χ0) is 22.9. The molecule has 1 saturated heterocycles. The van der Waals surface area contributed by atoms with Gasteiger partial charge in [-0.1, -0.05) is 18.2 Å². The highest BCUT2D eigenvalue weighted by molar-refractivity contribution is 5.76. The monoisotopic (exact) mass is 444 g/mol. The third-order valence-corrected chi connectivity index (χ3v) is 6.32. The summed E-state index contributed by atoms with van der Waals surface area (Å²) < 4.78 is 11.1. The van der Waals surface area contributed by atoms with E-state index in [0.717, 1.165) is 38.1 Å². The standard InChI is InChI=1S/C25H38N3O4/c1-19-17-22(18-25(30)32-19)28(3)15-11-24(29)26-12-4-16-31-23-7-5-20(6-8-23)21-9-13-27(2)14-10-21/h5-9,19,22,25H,4,10-18H2,1-3H3,(H,26,29)/q-1/t19-,22+,25-/m1/s1. The number of likely N-dealkylation sites (N-methyl/N-ethyl adjacent to an activating group) is 1. The quantitative estimate of drug-likeness (QED) is 0.555. The maximum absolute atomic E-state index is 12.1. The second-order valence-electron chi connectivity index (χ2n) is 9.05. The topological polar surface area (TPSA) is 77.1 Å². The van der Waals surface area contributed by atoms with Crippen LogP contribution in [0.3, 0.4) is 0 Å². The molecule has 0 unspecified atom stereocenters. The summed E-state index contributed by atoms with van der Waals surface area (Å²) in [5, 5.41) is 14.6. The van der Waals surface area contributed by atoms with Crippen molar-refractivity contribution in [2.24, 2.45) is 0 Å². The molecule has 7 nitrogen and oxygen atoms in total. The molecule has 7 heteroatoms. The molecule has 0 bridgehead atoms. The van der Waals surface area contributed by atoms with E-state index in [1.54, 1.807) is 0 Å². The molecule has 0 saturated carbocycles. The van der Waals surface area contributed by atoms with Gasteiger partial charge < -0.3 is 29.7 Å². The van der Waals surface area contributed by atoms with Gasteiger partial charge in [0.2, 0.25) is 5.91 Å². The van der Waals surface area contributed by atoms with E-state index in [-0.39, 0.29) is 18.1 Å². The van der Waals surface area contributed by atoms with Crippen LogP contribution in [0.2, 0.25) is 0 Å². The fourth-order valence-corrected chi connectivity index (χ4v) is 4.27. The summed E-state index contributed by atoms with van der Waals surface area (Å²) in [4.78, 5) is 16.5. The zero-order valence-electron chi connectivity index (χ0n) is 19.7. The summed E-state index contributed by atoms with van der Waals surface area (Å²) >= 11 is 0. The number of hydrogen-bond acceptors (Lipinski definition) is 6. The van der Waals surface area contributed by atoms with Gasteiger partial charge in [0.05, 0.1) is 12.7 Å². The molecule has 2 heterocycles. The number of benzene rings is 1. The molecule has 32 heavy (non-hydrogen) atoms. The van der Waals surface area contributed by atoms with E-state index >= 15 is 0 Å². The van der Waals surface area contributed by atoms with Crippen molar-refractivity contribution >= 4 is 11.5 Å². The van der Waals surface area contributed by atoms with Crippen LogP contribution in [0, 0.1) is 0 Å². The summed E-state index contributed by atoms with van der Waals surface area (Å²) in [6.45, 7) is 5.84. The summed E-state index contributed by atoms with van der Waals surface area (Å²) in [5.41, 5.74) is 2.67. The molecule has 1 N–H and O–H groups in total. The summed E-state index contributed by atoms with van der Waals surface area (Å²) in [7, 11) is 4.12. The lowest BCUT2D eigenvalue weighted by Crippen LogP contribution is -2.48. The minimum absolute atomic E-state index is 0.0184. The van der Waals surface area contributed by atoms with Gasteiger partial charge in [-0.25, -0.2) is 0 Å². The number of rotatable bonds is 10. The lowest BCUT2D eigenvalue weighted by molar-refractivity contribution is -0.506. The van der Waals surface area contributed by atoms with Crippen molar-refractivity contribution in [2.75, 3.05) is 46.9 Å². The largest absolute Gasteiger partial charge is 0.831 e. The van der Waals surface area contributed by atoms with Gasteiger partial charge in [0.1, 0.15) is 5.75 Å². The van der Waals surface area contributed by atoms with Crippen molar-refractivity contribution in [3.8, 4) is 5.75 Å². The van der Waals surface area contributed by atoms with Gasteiger partial charge in [-0.15, -0.1) is 0 Å². The fourth-order valence-electron chi connectivity index (χ4n) is 4.27. The van der Waals surface area contributed by atoms with Crippen LogP contribution in [0.4, 0.5) is 0 Å². The van der Waals surface area contributed by atoms with Crippen LogP contribution in [0.5, 0.6) is 5.75 Å². The SMILES string of the molecule is C[C@@H]1C[C@H](N(C)CCC(=O)NCCCOc2ccc(C3=CCN(C)CC3)cc2)C[C@H]([O-])O1. The van der Waals surface area contributed by atoms with Gasteiger partial charge in [0.15, 0.2) is 0 Å². The van der Waals surface area contributed by atoms with E-state index in [0.29, 0.717) is 32.5 Å². The van der Waals surface area contributed by atoms with Crippen molar-refractivity contribution < 1.29 is 19.4 Å². The van der Waals surface area contributed by atoms with Crippen LogP contribution >= 0.6 is 0 Å². The number of hydrogen-bond donors (Lipinski definition) is 1. The number of nitrogens with zero attached hydrogens (tertiary/aromatic N) is 2. The van der Waals surface area contributed by atoms with Crippen LogP contribution in [0.25, 0.3) is 5.57 Å². The molecular formula is C25H38N3O4-. The van der Waals surface area contributed by atoms with Crippen LogP contribution in [0.15, 0.2) is 30.3 Å². The van der Waals surface area contributed by atoms with E-state index < -0.39 is 6.29 Å². The predicted molar refractivity (Wildman–Crippen MR) is 124 cm³/mol. The normalized spacial score (nSPS) is 24.3. The van der Waals surface area contributed by atoms with Crippen LogP contribution < -0.4 is 15.2 Å². The molecule has 0 aliphatic carbocycles. The molecule has 0 spiro atoms. The minimum atomic E-state index is -0.956. The highest BCUT2D eigenvalue weighted by Gasteiger charge is 2.24. The average molecular weight is 445 g/mol. The Morgan fingerprint density at radius 2 is 2.09 bits per heavy atom. The van der Waals surface area contributed by atoms with Crippen molar-refractivity contribution in [1.82, 2.24) is 15.1 Å². The smallest absolute Gasteiger partial charge is 0.221 e. The van der Waals surface area contributed by atoms with Crippen LogP contribution in [0.1, 0.15) is 44.6 Å². The molecular weight excluding hydrogens is 406 g/mol. The van der Waals surface area contributed by atoms with Gasteiger partial charge >= 0.3 is 0 Å². The molecule has 2 aliphatic heterocycles. The summed E-state index contributed by atoms with van der Waals surface area (Å²) in [6, 6.07) is 8.47. The molecule has 2 aliphatic rings. The Kier molecular flexibility index (Phi) is 9.53. The molecule has 3 atom stereocenters. The Morgan fingerprint density at radius 1 is 1.31 bits per heavy atom. The lowest BCUT2D eigenvalue weighted by Gasteiger charge is -2.41. The molecule has 3 rings (SSSR count). The highest BCUT2D eigenvalue weighted by atomic mass is 16.6. The van der Waals surface area contributed by atoms with Gasteiger partial charge in [-0.05, 0) is 76.3 Å². The van der Waals surface area contributed by atoms with Crippen LogP contribution in [-0.2, 0) is 9.53 Å². The second-order valence-corrected chi connectivity index (χ2v) is 9.05. The number of carbonyl (C=O) groups excluding carboxylic acids is 1. The number of amides is 1. The maximum Gasteiger partial charge on any atom is 0.221 e. The van der Waals surface area contributed by atoms with Gasteiger partial charge in [-0.3, -0.25) is 4.79 Å².